The van der Waals surface area contributed by atoms with Crippen molar-refractivity contribution in [3.8, 4) is 0 Å². The molecule has 2 atom stereocenters. The van der Waals surface area contributed by atoms with Gasteiger partial charge in [-0.15, -0.1) is 0 Å². The maximum atomic E-state index is 6.38. The van der Waals surface area contributed by atoms with Gasteiger partial charge in [0.2, 0.25) is 0 Å². The van der Waals surface area contributed by atoms with E-state index in [-0.39, 0.29) is 5.54 Å². The molecule has 0 saturated heterocycles. The number of hydrogen-bond acceptors (Lipinski definition) is 1. The second-order valence-corrected chi connectivity index (χ2v) is 4.95. The summed E-state index contributed by atoms with van der Waals surface area (Å²) in [5.74, 6) is 0.735. The molecule has 1 aliphatic rings. The Bertz CT molecular complexity index is 337. The summed E-state index contributed by atoms with van der Waals surface area (Å²) in [6.07, 6.45) is 3.38. The van der Waals surface area contributed by atoms with Crippen molar-refractivity contribution in [2.75, 3.05) is 0 Å². The Hall–Kier alpha value is -0.530. The Balaban J connectivity index is 2.30. The summed E-state index contributed by atoms with van der Waals surface area (Å²) < 4.78 is 0. The van der Waals surface area contributed by atoms with E-state index in [1.54, 1.807) is 0 Å². The molecule has 0 heterocycles. The van der Waals surface area contributed by atoms with E-state index in [1.165, 1.54) is 12.0 Å². The van der Waals surface area contributed by atoms with Gasteiger partial charge in [0, 0.05) is 10.6 Å². The van der Waals surface area contributed by atoms with E-state index in [1.807, 2.05) is 18.2 Å². The Morgan fingerprint density at radius 3 is 2.86 bits per heavy atom. The molecule has 0 amide bonds. The number of halogens is 1. The van der Waals surface area contributed by atoms with Crippen LogP contribution in [0.25, 0.3) is 0 Å². The first-order chi connectivity index (χ1) is 6.60. The Kier molecular flexibility index (Phi) is 2.54. The Morgan fingerprint density at radius 1 is 1.50 bits per heavy atom. The van der Waals surface area contributed by atoms with Gasteiger partial charge in [-0.3, -0.25) is 0 Å². The number of nitrogens with two attached hydrogens (primary N) is 1. The third-order valence-corrected chi connectivity index (χ3v) is 3.43. The van der Waals surface area contributed by atoms with Crippen LogP contribution in [0.3, 0.4) is 0 Å². The molecule has 1 aliphatic carbocycles. The van der Waals surface area contributed by atoms with Gasteiger partial charge in [-0.1, -0.05) is 30.7 Å². The zero-order valence-electron chi connectivity index (χ0n) is 8.46. The standard InChI is InChI=1S/C12H16ClN/c1-9-5-6-12(14,8-9)10-3-2-4-11(13)7-10/h2-4,7,9H,5-6,8,14H2,1H3. The van der Waals surface area contributed by atoms with E-state index in [9.17, 15) is 0 Å². The monoisotopic (exact) mass is 209 g/mol. The fourth-order valence-corrected chi connectivity index (χ4v) is 2.58. The molecule has 2 N–H and O–H groups in total. The summed E-state index contributed by atoms with van der Waals surface area (Å²) in [6.45, 7) is 2.26. The average Bonchev–Trinajstić information content (AvgIpc) is 2.48. The van der Waals surface area contributed by atoms with E-state index in [0.29, 0.717) is 0 Å². The highest BCUT2D eigenvalue weighted by Crippen LogP contribution is 2.40. The Labute approximate surface area is 90.3 Å². The normalized spacial score (nSPS) is 32.1. The molecule has 0 aliphatic heterocycles. The third kappa shape index (κ3) is 1.79. The SMILES string of the molecule is CC1CCC(N)(c2cccc(Cl)c2)C1. The van der Waals surface area contributed by atoms with Crippen LogP contribution in [0.15, 0.2) is 24.3 Å². The van der Waals surface area contributed by atoms with Gasteiger partial charge >= 0.3 is 0 Å². The molecule has 1 aromatic rings. The van der Waals surface area contributed by atoms with Crippen LogP contribution in [-0.2, 0) is 5.54 Å². The molecule has 2 rings (SSSR count). The van der Waals surface area contributed by atoms with Crippen molar-refractivity contribution in [1.82, 2.24) is 0 Å². The molecule has 1 fully saturated rings. The lowest BCUT2D eigenvalue weighted by atomic mass is 9.89. The summed E-state index contributed by atoms with van der Waals surface area (Å²) in [5, 5.41) is 0.784. The van der Waals surface area contributed by atoms with Crippen LogP contribution in [0.4, 0.5) is 0 Å². The van der Waals surface area contributed by atoms with Crippen LogP contribution in [0.2, 0.25) is 5.02 Å². The molecule has 1 saturated carbocycles. The van der Waals surface area contributed by atoms with Gasteiger partial charge in [0.25, 0.3) is 0 Å². The number of benzene rings is 1. The molecule has 2 heteroatoms. The maximum absolute atomic E-state index is 6.38. The van der Waals surface area contributed by atoms with Gasteiger partial charge in [-0.2, -0.15) is 0 Å². The smallest absolute Gasteiger partial charge is 0.0412 e. The van der Waals surface area contributed by atoms with E-state index < -0.39 is 0 Å². The summed E-state index contributed by atoms with van der Waals surface area (Å²) in [5.41, 5.74) is 7.44. The molecule has 14 heavy (non-hydrogen) atoms. The van der Waals surface area contributed by atoms with E-state index >= 15 is 0 Å². The van der Waals surface area contributed by atoms with Crippen molar-refractivity contribution in [1.29, 1.82) is 0 Å². The summed E-state index contributed by atoms with van der Waals surface area (Å²) in [7, 11) is 0. The van der Waals surface area contributed by atoms with Crippen LogP contribution in [0.1, 0.15) is 31.7 Å². The van der Waals surface area contributed by atoms with Crippen LogP contribution in [0.5, 0.6) is 0 Å². The van der Waals surface area contributed by atoms with E-state index in [4.69, 9.17) is 17.3 Å². The lowest BCUT2D eigenvalue weighted by Crippen LogP contribution is -2.33. The van der Waals surface area contributed by atoms with Crippen molar-refractivity contribution >= 4 is 11.6 Å². The van der Waals surface area contributed by atoms with Crippen molar-refractivity contribution in [3.05, 3.63) is 34.9 Å². The summed E-state index contributed by atoms with van der Waals surface area (Å²) >= 11 is 5.97. The van der Waals surface area contributed by atoms with Gasteiger partial charge in [0.15, 0.2) is 0 Å². The highest BCUT2D eigenvalue weighted by molar-refractivity contribution is 6.30. The number of rotatable bonds is 1. The minimum absolute atomic E-state index is 0.135. The second kappa shape index (κ2) is 3.56. The molecule has 2 unspecified atom stereocenters. The highest BCUT2D eigenvalue weighted by atomic mass is 35.5. The molecule has 76 valence electrons. The topological polar surface area (TPSA) is 26.0 Å². The minimum Gasteiger partial charge on any atom is -0.321 e. The fraction of sp³-hybridized carbons (Fsp3) is 0.500. The number of hydrogen-bond donors (Lipinski definition) is 1. The van der Waals surface area contributed by atoms with Gasteiger partial charge in [-0.25, -0.2) is 0 Å². The lowest BCUT2D eigenvalue weighted by Gasteiger charge is -2.24. The van der Waals surface area contributed by atoms with Gasteiger partial charge in [0.1, 0.15) is 0 Å². The quantitative estimate of drug-likeness (QED) is 0.755. The molecule has 0 aromatic heterocycles. The first kappa shape index (κ1) is 10.0. The second-order valence-electron chi connectivity index (χ2n) is 4.51. The van der Waals surface area contributed by atoms with E-state index in [0.717, 1.165) is 23.8 Å². The van der Waals surface area contributed by atoms with Crippen molar-refractivity contribution in [2.45, 2.75) is 31.7 Å². The molecule has 0 radical (unpaired) electrons. The molecule has 0 bridgehead atoms. The largest absolute Gasteiger partial charge is 0.321 e. The molecule has 1 aromatic carbocycles. The molecule has 0 spiro atoms. The highest BCUT2D eigenvalue weighted by Gasteiger charge is 2.35. The van der Waals surface area contributed by atoms with Crippen LogP contribution in [0, 0.1) is 5.92 Å². The zero-order chi connectivity index (χ0) is 10.2. The van der Waals surface area contributed by atoms with Crippen molar-refractivity contribution < 1.29 is 0 Å². The molecular formula is C12H16ClN. The zero-order valence-corrected chi connectivity index (χ0v) is 9.22. The van der Waals surface area contributed by atoms with Gasteiger partial charge in [0.05, 0.1) is 0 Å². The lowest BCUT2D eigenvalue weighted by molar-refractivity contribution is 0.440. The van der Waals surface area contributed by atoms with Crippen molar-refractivity contribution in [2.24, 2.45) is 11.7 Å². The fourth-order valence-electron chi connectivity index (χ4n) is 2.39. The van der Waals surface area contributed by atoms with Gasteiger partial charge < -0.3 is 5.73 Å². The average molecular weight is 210 g/mol. The van der Waals surface area contributed by atoms with E-state index in [2.05, 4.69) is 13.0 Å². The van der Waals surface area contributed by atoms with Crippen LogP contribution in [-0.4, -0.2) is 0 Å². The van der Waals surface area contributed by atoms with Crippen LogP contribution >= 0.6 is 11.6 Å². The molecular weight excluding hydrogens is 194 g/mol. The van der Waals surface area contributed by atoms with Crippen LogP contribution < -0.4 is 5.73 Å². The van der Waals surface area contributed by atoms with Crippen molar-refractivity contribution in [3.63, 3.8) is 0 Å². The predicted octanol–water partition coefficient (Wildman–Crippen LogP) is 3.31. The minimum atomic E-state index is -0.135. The molecule has 1 nitrogen and oxygen atoms in total. The van der Waals surface area contributed by atoms with Gasteiger partial charge in [-0.05, 0) is 42.9 Å². The Morgan fingerprint density at radius 2 is 2.29 bits per heavy atom. The summed E-state index contributed by atoms with van der Waals surface area (Å²) in [4.78, 5) is 0. The predicted molar refractivity (Wildman–Crippen MR) is 60.3 cm³/mol. The summed E-state index contributed by atoms with van der Waals surface area (Å²) in [6, 6.07) is 7.96. The first-order valence-corrected chi connectivity index (χ1v) is 5.53. The maximum Gasteiger partial charge on any atom is 0.0412 e. The third-order valence-electron chi connectivity index (χ3n) is 3.20. The first-order valence-electron chi connectivity index (χ1n) is 5.15.